The SMILES string of the molecule is CCCNC(=O)CCNC(=O)c1ccccc1NN. The molecule has 0 fully saturated rings. The van der Waals surface area contributed by atoms with Gasteiger partial charge in [-0.05, 0) is 18.6 Å². The standard InChI is InChI=1S/C13H20N4O2/c1-2-8-15-12(18)7-9-16-13(19)10-5-3-4-6-11(10)17-14/h3-6,17H,2,7-9,14H2,1H3,(H,15,18)(H,16,19). The smallest absolute Gasteiger partial charge is 0.253 e. The second-order valence-electron chi connectivity index (χ2n) is 4.05. The fourth-order valence-corrected chi connectivity index (χ4v) is 1.54. The highest BCUT2D eigenvalue weighted by Gasteiger charge is 2.10. The lowest BCUT2D eigenvalue weighted by atomic mass is 10.1. The van der Waals surface area contributed by atoms with Gasteiger partial charge >= 0.3 is 0 Å². The minimum absolute atomic E-state index is 0.0626. The van der Waals surface area contributed by atoms with Gasteiger partial charge in [-0.2, -0.15) is 0 Å². The Balaban J connectivity index is 2.41. The Labute approximate surface area is 112 Å². The Morgan fingerprint density at radius 3 is 2.58 bits per heavy atom. The number of benzene rings is 1. The lowest BCUT2D eigenvalue weighted by molar-refractivity contribution is -0.120. The number of amides is 2. The average molecular weight is 264 g/mol. The van der Waals surface area contributed by atoms with Crippen LogP contribution in [0.5, 0.6) is 0 Å². The van der Waals surface area contributed by atoms with Crippen LogP contribution < -0.4 is 21.9 Å². The third-order valence-electron chi connectivity index (χ3n) is 2.54. The van der Waals surface area contributed by atoms with E-state index in [4.69, 9.17) is 5.84 Å². The molecule has 0 bridgehead atoms. The summed E-state index contributed by atoms with van der Waals surface area (Å²) in [6, 6.07) is 6.92. The van der Waals surface area contributed by atoms with Gasteiger partial charge in [0.1, 0.15) is 0 Å². The molecule has 0 unspecified atom stereocenters. The van der Waals surface area contributed by atoms with E-state index >= 15 is 0 Å². The first-order valence-electron chi connectivity index (χ1n) is 6.29. The van der Waals surface area contributed by atoms with Gasteiger partial charge in [-0.15, -0.1) is 0 Å². The molecule has 6 heteroatoms. The highest BCUT2D eigenvalue weighted by molar-refractivity contribution is 5.99. The van der Waals surface area contributed by atoms with Crippen molar-refractivity contribution in [3.8, 4) is 0 Å². The zero-order chi connectivity index (χ0) is 14.1. The molecule has 0 saturated carbocycles. The first-order chi connectivity index (χ1) is 9.19. The van der Waals surface area contributed by atoms with Gasteiger partial charge in [0.15, 0.2) is 0 Å². The third kappa shape index (κ3) is 4.97. The van der Waals surface area contributed by atoms with Crippen molar-refractivity contribution in [2.45, 2.75) is 19.8 Å². The Morgan fingerprint density at radius 1 is 1.16 bits per heavy atom. The molecule has 0 aliphatic carbocycles. The molecule has 19 heavy (non-hydrogen) atoms. The van der Waals surface area contributed by atoms with Gasteiger partial charge in [0.05, 0.1) is 11.3 Å². The van der Waals surface area contributed by atoms with Gasteiger partial charge in [0.2, 0.25) is 5.91 Å². The van der Waals surface area contributed by atoms with Gasteiger partial charge < -0.3 is 16.1 Å². The summed E-state index contributed by atoms with van der Waals surface area (Å²) in [7, 11) is 0. The van der Waals surface area contributed by atoms with Gasteiger partial charge in [-0.25, -0.2) is 0 Å². The maximum Gasteiger partial charge on any atom is 0.253 e. The third-order valence-corrected chi connectivity index (χ3v) is 2.54. The molecule has 0 radical (unpaired) electrons. The van der Waals surface area contributed by atoms with E-state index in [1.165, 1.54) is 0 Å². The minimum atomic E-state index is -0.253. The molecule has 2 amide bonds. The average Bonchev–Trinajstić information content (AvgIpc) is 2.44. The maximum atomic E-state index is 11.9. The molecule has 1 rings (SSSR count). The van der Waals surface area contributed by atoms with Gasteiger partial charge in [-0.3, -0.25) is 15.4 Å². The van der Waals surface area contributed by atoms with Crippen LogP contribution in [0.25, 0.3) is 0 Å². The van der Waals surface area contributed by atoms with Crippen molar-refractivity contribution >= 4 is 17.5 Å². The molecular weight excluding hydrogens is 244 g/mol. The van der Waals surface area contributed by atoms with E-state index < -0.39 is 0 Å². The highest BCUT2D eigenvalue weighted by Crippen LogP contribution is 2.12. The molecule has 0 spiro atoms. The second kappa shape index (κ2) is 8.10. The summed E-state index contributed by atoms with van der Waals surface area (Å²) >= 11 is 0. The molecule has 0 aliphatic heterocycles. The summed E-state index contributed by atoms with van der Waals surface area (Å²) in [6.45, 7) is 2.94. The molecule has 0 aliphatic rings. The monoisotopic (exact) mass is 264 g/mol. The van der Waals surface area contributed by atoms with Crippen molar-refractivity contribution in [1.29, 1.82) is 0 Å². The number of carbonyl (C=O) groups excluding carboxylic acids is 2. The molecular formula is C13H20N4O2. The first-order valence-corrected chi connectivity index (χ1v) is 6.29. The van der Waals surface area contributed by atoms with Crippen LogP contribution in [-0.4, -0.2) is 24.9 Å². The highest BCUT2D eigenvalue weighted by atomic mass is 16.2. The van der Waals surface area contributed by atoms with E-state index in [9.17, 15) is 9.59 Å². The first kappa shape index (κ1) is 15.0. The van der Waals surface area contributed by atoms with Crippen molar-refractivity contribution in [2.24, 2.45) is 5.84 Å². The van der Waals surface area contributed by atoms with Crippen molar-refractivity contribution in [3.63, 3.8) is 0 Å². The number of nitrogens with two attached hydrogens (primary N) is 1. The van der Waals surface area contributed by atoms with E-state index in [1.54, 1.807) is 24.3 Å². The number of hydrogen-bond donors (Lipinski definition) is 4. The quantitative estimate of drug-likeness (QED) is 0.429. The van der Waals surface area contributed by atoms with Crippen molar-refractivity contribution < 1.29 is 9.59 Å². The molecule has 1 aromatic carbocycles. The fraction of sp³-hybridized carbons (Fsp3) is 0.385. The summed E-state index contributed by atoms with van der Waals surface area (Å²) in [6.07, 6.45) is 1.16. The predicted octanol–water partition coefficient (Wildman–Crippen LogP) is 0.618. The minimum Gasteiger partial charge on any atom is -0.356 e. The second-order valence-corrected chi connectivity index (χ2v) is 4.05. The Bertz CT molecular complexity index is 434. The molecule has 6 nitrogen and oxygen atoms in total. The van der Waals surface area contributed by atoms with Gasteiger partial charge in [-0.1, -0.05) is 19.1 Å². The zero-order valence-electron chi connectivity index (χ0n) is 11.0. The summed E-state index contributed by atoms with van der Waals surface area (Å²) in [5.74, 6) is 5.01. The Kier molecular flexibility index (Phi) is 6.38. The van der Waals surface area contributed by atoms with E-state index in [2.05, 4.69) is 16.1 Å². The maximum absolute atomic E-state index is 11.9. The van der Waals surface area contributed by atoms with E-state index in [-0.39, 0.29) is 18.2 Å². The summed E-state index contributed by atoms with van der Waals surface area (Å²) in [5.41, 5.74) is 3.47. The molecule has 5 N–H and O–H groups in total. The van der Waals surface area contributed by atoms with Crippen molar-refractivity contribution in [3.05, 3.63) is 29.8 Å². The lowest BCUT2D eigenvalue weighted by Gasteiger charge is -2.09. The predicted molar refractivity (Wildman–Crippen MR) is 74.5 cm³/mol. The van der Waals surface area contributed by atoms with E-state index in [0.717, 1.165) is 6.42 Å². The summed E-state index contributed by atoms with van der Waals surface area (Å²) < 4.78 is 0. The topological polar surface area (TPSA) is 96.2 Å². The zero-order valence-corrected chi connectivity index (χ0v) is 11.0. The molecule has 1 aromatic rings. The van der Waals surface area contributed by atoms with Crippen LogP contribution in [0.3, 0.4) is 0 Å². The number of rotatable bonds is 7. The summed E-state index contributed by atoms with van der Waals surface area (Å²) in [4.78, 5) is 23.2. The number of hydrazine groups is 1. The van der Waals surface area contributed by atoms with Crippen LogP contribution in [0.15, 0.2) is 24.3 Å². The van der Waals surface area contributed by atoms with Crippen LogP contribution in [0, 0.1) is 0 Å². The number of anilines is 1. The largest absolute Gasteiger partial charge is 0.356 e. The number of nitrogen functional groups attached to an aromatic ring is 1. The fourth-order valence-electron chi connectivity index (χ4n) is 1.54. The van der Waals surface area contributed by atoms with Crippen molar-refractivity contribution in [1.82, 2.24) is 10.6 Å². The van der Waals surface area contributed by atoms with Crippen LogP contribution >= 0.6 is 0 Å². The van der Waals surface area contributed by atoms with E-state index in [1.807, 2.05) is 6.92 Å². The van der Waals surface area contributed by atoms with Crippen molar-refractivity contribution in [2.75, 3.05) is 18.5 Å². The Morgan fingerprint density at radius 2 is 1.89 bits per heavy atom. The number of para-hydroxylation sites is 1. The normalized spacial score (nSPS) is 9.79. The van der Waals surface area contributed by atoms with Crippen LogP contribution in [0.4, 0.5) is 5.69 Å². The molecule has 104 valence electrons. The number of carbonyl (C=O) groups is 2. The van der Waals surface area contributed by atoms with Crippen LogP contribution in [-0.2, 0) is 4.79 Å². The lowest BCUT2D eigenvalue weighted by Crippen LogP contribution is -2.31. The van der Waals surface area contributed by atoms with E-state index in [0.29, 0.717) is 24.3 Å². The molecule has 0 heterocycles. The summed E-state index contributed by atoms with van der Waals surface area (Å²) in [5, 5.41) is 5.43. The molecule has 0 saturated heterocycles. The number of hydrogen-bond acceptors (Lipinski definition) is 4. The van der Waals surface area contributed by atoms with Gasteiger partial charge in [0, 0.05) is 19.5 Å². The molecule has 0 atom stereocenters. The number of nitrogens with one attached hydrogen (secondary N) is 3. The molecule has 0 aromatic heterocycles. The van der Waals surface area contributed by atoms with Crippen LogP contribution in [0.2, 0.25) is 0 Å². The van der Waals surface area contributed by atoms with Gasteiger partial charge in [0.25, 0.3) is 5.91 Å². The van der Waals surface area contributed by atoms with Crippen LogP contribution in [0.1, 0.15) is 30.1 Å². The Hall–Kier alpha value is -2.08.